The second-order valence-electron chi connectivity index (χ2n) is 5.80. The number of hydrogen-bond acceptors (Lipinski definition) is 2. The van der Waals surface area contributed by atoms with E-state index in [2.05, 4.69) is 19.2 Å². The molecule has 1 saturated carbocycles. The fourth-order valence-electron chi connectivity index (χ4n) is 2.25. The van der Waals surface area contributed by atoms with Gasteiger partial charge in [0.05, 0.1) is 11.7 Å². The molecular weight excluding hydrogens is 210 g/mol. The van der Waals surface area contributed by atoms with Crippen LogP contribution in [0.5, 0.6) is 0 Å². The molecule has 0 amide bonds. The van der Waals surface area contributed by atoms with Crippen LogP contribution in [0.15, 0.2) is 0 Å². The Bertz CT molecular complexity index is 226. The molecule has 1 aliphatic carbocycles. The highest BCUT2D eigenvalue weighted by molar-refractivity contribution is 6.18. The van der Waals surface area contributed by atoms with E-state index in [1.165, 1.54) is 25.7 Å². The molecule has 0 bridgehead atoms. The first-order chi connectivity index (χ1) is 7.05. The molecule has 0 spiro atoms. The fourth-order valence-corrected chi connectivity index (χ4v) is 2.62. The number of hydrogen-bond donors (Lipinski definition) is 1. The third kappa shape index (κ3) is 3.08. The molecule has 1 aliphatic heterocycles. The molecule has 0 aromatic carbocycles. The second kappa shape index (κ2) is 4.23. The Labute approximate surface area is 97.7 Å². The monoisotopic (exact) mass is 231 g/mol. The lowest BCUT2D eigenvalue weighted by Gasteiger charge is -2.20. The zero-order valence-corrected chi connectivity index (χ0v) is 10.6. The van der Waals surface area contributed by atoms with Crippen molar-refractivity contribution in [1.29, 1.82) is 0 Å². The molecule has 2 rings (SSSR count). The van der Waals surface area contributed by atoms with Crippen molar-refractivity contribution in [3.05, 3.63) is 0 Å². The van der Waals surface area contributed by atoms with E-state index >= 15 is 0 Å². The standard InChI is InChI=1S/C12H22ClNO/c1-11(2)4-3-10(15-11)7-14-9-12(8-13)5-6-12/h10,14H,3-9H2,1-2H3. The van der Waals surface area contributed by atoms with Gasteiger partial charge in [0.2, 0.25) is 0 Å². The molecule has 2 fully saturated rings. The van der Waals surface area contributed by atoms with Gasteiger partial charge in [-0.15, -0.1) is 11.6 Å². The van der Waals surface area contributed by atoms with Gasteiger partial charge in [-0.25, -0.2) is 0 Å². The summed E-state index contributed by atoms with van der Waals surface area (Å²) in [6, 6.07) is 0. The molecule has 1 saturated heterocycles. The van der Waals surface area contributed by atoms with Crippen molar-refractivity contribution in [3.63, 3.8) is 0 Å². The zero-order chi connectivity index (χ0) is 10.9. The second-order valence-corrected chi connectivity index (χ2v) is 6.07. The average Bonchev–Trinajstić information content (AvgIpc) is 2.87. The Kier molecular flexibility index (Phi) is 3.30. The molecule has 2 nitrogen and oxygen atoms in total. The van der Waals surface area contributed by atoms with Crippen LogP contribution in [-0.4, -0.2) is 30.7 Å². The van der Waals surface area contributed by atoms with Crippen LogP contribution in [0.25, 0.3) is 0 Å². The molecule has 15 heavy (non-hydrogen) atoms. The minimum absolute atomic E-state index is 0.0934. The van der Waals surface area contributed by atoms with Crippen LogP contribution in [0.2, 0.25) is 0 Å². The fraction of sp³-hybridized carbons (Fsp3) is 1.00. The van der Waals surface area contributed by atoms with Gasteiger partial charge in [-0.1, -0.05) is 0 Å². The first-order valence-electron chi connectivity index (χ1n) is 6.00. The number of alkyl halides is 1. The highest BCUT2D eigenvalue weighted by Gasteiger charge is 2.41. The molecule has 0 aromatic heterocycles. The Morgan fingerprint density at radius 2 is 2.07 bits per heavy atom. The summed E-state index contributed by atoms with van der Waals surface area (Å²) in [6.07, 6.45) is 5.36. The van der Waals surface area contributed by atoms with Gasteiger partial charge in [0.25, 0.3) is 0 Å². The minimum atomic E-state index is 0.0934. The van der Waals surface area contributed by atoms with E-state index in [1.807, 2.05) is 0 Å². The summed E-state index contributed by atoms with van der Waals surface area (Å²) in [6.45, 7) is 6.40. The summed E-state index contributed by atoms with van der Waals surface area (Å²) in [5, 5.41) is 3.51. The van der Waals surface area contributed by atoms with Gasteiger partial charge < -0.3 is 10.1 Å². The maximum atomic E-state index is 5.93. The lowest BCUT2D eigenvalue weighted by molar-refractivity contribution is -0.0144. The molecule has 1 N–H and O–H groups in total. The van der Waals surface area contributed by atoms with E-state index in [0.717, 1.165) is 19.0 Å². The SMILES string of the molecule is CC1(C)CCC(CNCC2(CCl)CC2)O1. The van der Waals surface area contributed by atoms with Crippen LogP contribution in [0.4, 0.5) is 0 Å². The maximum absolute atomic E-state index is 5.93. The van der Waals surface area contributed by atoms with Crippen molar-refractivity contribution >= 4 is 11.6 Å². The van der Waals surface area contributed by atoms with Crippen LogP contribution in [0.3, 0.4) is 0 Å². The van der Waals surface area contributed by atoms with Gasteiger partial charge in [0.1, 0.15) is 0 Å². The summed E-state index contributed by atoms with van der Waals surface area (Å²) in [5.74, 6) is 0.803. The summed E-state index contributed by atoms with van der Waals surface area (Å²) in [5.41, 5.74) is 0.520. The molecule has 0 radical (unpaired) electrons. The normalized spacial score (nSPS) is 31.8. The lowest BCUT2D eigenvalue weighted by Crippen LogP contribution is -2.33. The molecule has 2 aliphatic rings. The van der Waals surface area contributed by atoms with Crippen molar-refractivity contribution in [3.8, 4) is 0 Å². The predicted molar refractivity (Wildman–Crippen MR) is 63.4 cm³/mol. The Balaban J connectivity index is 1.63. The quantitative estimate of drug-likeness (QED) is 0.735. The van der Waals surface area contributed by atoms with Gasteiger partial charge in [-0.3, -0.25) is 0 Å². The van der Waals surface area contributed by atoms with Gasteiger partial charge in [0.15, 0.2) is 0 Å². The van der Waals surface area contributed by atoms with E-state index in [4.69, 9.17) is 16.3 Å². The molecule has 1 atom stereocenters. The van der Waals surface area contributed by atoms with E-state index in [9.17, 15) is 0 Å². The van der Waals surface area contributed by atoms with Crippen LogP contribution in [-0.2, 0) is 4.74 Å². The first kappa shape index (κ1) is 11.7. The number of halogens is 1. The van der Waals surface area contributed by atoms with Gasteiger partial charge >= 0.3 is 0 Å². The first-order valence-corrected chi connectivity index (χ1v) is 6.53. The van der Waals surface area contributed by atoms with Crippen LogP contribution in [0, 0.1) is 5.41 Å². The van der Waals surface area contributed by atoms with E-state index in [0.29, 0.717) is 11.5 Å². The highest BCUT2D eigenvalue weighted by atomic mass is 35.5. The zero-order valence-electron chi connectivity index (χ0n) is 9.81. The Morgan fingerprint density at radius 3 is 2.53 bits per heavy atom. The third-order valence-electron chi connectivity index (χ3n) is 3.67. The minimum Gasteiger partial charge on any atom is -0.371 e. The third-order valence-corrected chi connectivity index (χ3v) is 4.23. The lowest BCUT2D eigenvalue weighted by atomic mass is 10.1. The summed E-state index contributed by atoms with van der Waals surface area (Å²) < 4.78 is 5.92. The van der Waals surface area contributed by atoms with Crippen molar-refractivity contribution in [2.45, 2.75) is 51.2 Å². The summed E-state index contributed by atoms with van der Waals surface area (Å²) in [4.78, 5) is 0. The smallest absolute Gasteiger partial charge is 0.0707 e. The molecule has 3 heteroatoms. The van der Waals surface area contributed by atoms with Crippen molar-refractivity contribution < 1.29 is 4.74 Å². The molecule has 0 aromatic rings. The predicted octanol–water partition coefficient (Wildman–Crippen LogP) is 2.55. The molecular formula is C12H22ClNO. The van der Waals surface area contributed by atoms with E-state index in [-0.39, 0.29) is 5.60 Å². The van der Waals surface area contributed by atoms with E-state index < -0.39 is 0 Å². The Morgan fingerprint density at radius 1 is 1.33 bits per heavy atom. The van der Waals surface area contributed by atoms with Crippen molar-refractivity contribution in [1.82, 2.24) is 5.32 Å². The topological polar surface area (TPSA) is 21.3 Å². The largest absolute Gasteiger partial charge is 0.371 e. The van der Waals surface area contributed by atoms with Crippen LogP contribution >= 0.6 is 11.6 Å². The highest BCUT2D eigenvalue weighted by Crippen LogP contribution is 2.45. The number of rotatable bonds is 5. The average molecular weight is 232 g/mol. The van der Waals surface area contributed by atoms with E-state index in [1.54, 1.807) is 0 Å². The summed E-state index contributed by atoms with van der Waals surface area (Å²) >= 11 is 5.93. The maximum Gasteiger partial charge on any atom is 0.0707 e. The van der Waals surface area contributed by atoms with Crippen molar-refractivity contribution in [2.75, 3.05) is 19.0 Å². The number of ether oxygens (including phenoxy) is 1. The van der Waals surface area contributed by atoms with Crippen LogP contribution in [0.1, 0.15) is 39.5 Å². The molecule has 1 heterocycles. The molecule has 1 unspecified atom stereocenters. The Hall–Kier alpha value is 0.210. The van der Waals surface area contributed by atoms with Gasteiger partial charge in [0, 0.05) is 19.0 Å². The number of nitrogens with one attached hydrogen (secondary N) is 1. The van der Waals surface area contributed by atoms with Gasteiger partial charge in [-0.05, 0) is 44.9 Å². The van der Waals surface area contributed by atoms with Crippen molar-refractivity contribution in [2.24, 2.45) is 5.41 Å². The summed E-state index contributed by atoms with van der Waals surface area (Å²) in [7, 11) is 0. The van der Waals surface area contributed by atoms with Crippen LogP contribution < -0.4 is 5.32 Å². The molecule has 88 valence electrons. The van der Waals surface area contributed by atoms with Gasteiger partial charge in [-0.2, -0.15) is 0 Å².